The van der Waals surface area contributed by atoms with Gasteiger partial charge in [0.1, 0.15) is 12.1 Å². The zero-order valence-electron chi connectivity index (χ0n) is 13.7. The van der Waals surface area contributed by atoms with Gasteiger partial charge in [-0.15, -0.1) is 0 Å². The zero-order chi connectivity index (χ0) is 18.0. The minimum atomic E-state index is -1.15. The SMILES string of the molecule is COC1Cc2ccc(NC(=O)c3cccn(CC(=O)O)c3=O)cc2C1. The monoisotopic (exact) mass is 342 g/mol. The predicted octanol–water partition coefficient (Wildman–Crippen LogP) is 1.30. The van der Waals surface area contributed by atoms with Gasteiger partial charge in [0, 0.05) is 19.0 Å². The minimum absolute atomic E-state index is 0.0981. The third kappa shape index (κ3) is 3.61. The van der Waals surface area contributed by atoms with E-state index in [0.29, 0.717) is 5.69 Å². The van der Waals surface area contributed by atoms with Crippen molar-refractivity contribution in [3.63, 3.8) is 0 Å². The summed E-state index contributed by atoms with van der Waals surface area (Å²) in [6, 6.07) is 8.46. The highest BCUT2D eigenvalue weighted by Gasteiger charge is 2.21. The molecular weight excluding hydrogens is 324 g/mol. The number of rotatable bonds is 5. The molecule has 2 aromatic rings. The van der Waals surface area contributed by atoms with Crippen molar-refractivity contribution in [2.24, 2.45) is 0 Å². The van der Waals surface area contributed by atoms with Gasteiger partial charge in [0.2, 0.25) is 0 Å². The number of carbonyl (C=O) groups is 2. The Morgan fingerprint density at radius 3 is 2.76 bits per heavy atom. The normalized spacial score (nSPS) is 15.6. The van der Waals surface area contributed by atoms with Gasteiger partial charge >= 0.3 is 5.97 Å². The molecule has 1 atom stereocenters. The molecular formula is C18H18N2O5. The summed E-state index contributed by atoms with van der Waals surface area (Å²) in [4.78, 5) is 35.4. The summed E-state index contributed by atoms with van der Waals surface area (Å²) in [6.07, 6.45) is 3.12. The molecule has 7 heteroatoms. The maximum atomic E-state index is 12.4. The molecule has 1 aromatic carbocycles. The Bertz CT molecular complexity index is 887. The van der Waals surface area contributed by atoms with Crippen LogP contribution in [0, 0.1) is 0 Å². The molecule has 0 radical (unpaired) electrons. The van der Waals surface area contributed by atoms with E-state index < -0.39 is 24.0 Å². The van der Waals surface area contributed by atoms with Crippen LogP contribution in [0.3, 0.4) is 0 Å². The third-order valence-electron chi connectivity index (χ3n) is 4.26. The second kappa shape index (κ2) is 6.90. The smallest absolute Gasteiger partial charge is 0.323 e. The topological polar surface area (TPSA) is 97.6 Å². The fraction of sp³-hybridized carbons (Fsp3) is 0.278. The predicted molar refractivity (Wildman–Crippen MR) is 90.9 cm³/mol. The number of pyridine rings is 1. The number of aromatic nitrogens is 1. The van der Waals surface area contributed by atoms with Crippen molar-refractivity contribution in [1.82, 2.24) is 4.57 Å². The molecule has 1 aliphatic carbocycles. The lowest BCUT2D eigenvalue weighted by atomic mass is 10.1. The Kier molecular flexibility index (Phi) is 4.67. The van der Waals surface area contributed by atoms with E-state index in [1.54, 1.807) is 13.2 Å². The number of aliphatic carboxylic acids is 1. The van der Waals surface area contributed by atoms with Gasteiger partial charge in [0.25, 0.3) is 11.5 Å². The van der Waals surface area contributed by atoms with Crippen molar-refractivity contribution in [1.29, 1.82) is 0 Å². The summed E-state index contributed by atoms with van der Waals surface area (Å²) >= 11 is 0. The molecule has 2 N–H and O–H groups in total. The average molecular weight is 342 g/mol. The van der Waals surface area contributed by atoms with E-state index in [-0.39, 0.29) is 11.7 Å². The summed E-state index contributed by atoms with van der Waals surface area (Å²) in [5.74, 6) is -1.71. The first kappa shape index (κ1) is 16.9. The first-order chi connectivity index (χ1) is 12.0. The third-order valence-corrected chi connectivity index (χ3v) is 4.26. The number of methoxy groups -OCH3 is 1. The van der Waals surface area contributed by atoms with Crippen molar-refractivity contribution in [2.45, 2.75) is 25.5 Å². The van der Waals surface area contributed by atoms with E-state index in [1.165, 1.54) is 23.9 Å². The van der Waals surface area contributed by atoms with Crippen LogP contribution in [-0.4, -0.2) is 34.8 Å². The Hall–Kier alpha value is -2.93. The zero-order valence-corrected chi connectivity index (χ0v) is 13.7. The van der Waals surface area contributed by atoms with Crippen molar-refractivity contribution in [3.8, 4) is 0 Å². The lowest BCUT2D eigenvalue weighted by molar-refractivity contribution is -0.137. The van der Waals surface area contributed by atoms with Gasteiger partial charge in [-0.2, -0.15) is 0 Å². The lowest BCUT2D eigenvalue weighted by Crippen LogP contribution is -2.30. The van der Waals surface area contributed by atoms with Crippen LogP contribution in [0.2, 0.25) is 0 Å². The molecule has 1 unspecified atom stereocenters. The number of ether oxygens (including phenoxy) is 1. The number of carbonyl (C=O) groups excluding carboxylic acids is 1. The Morgan fingerprint density at radius 2 is 2.04 bits per heavy atom. The van der Waals surface area contributed by atoms with Crippen LogP contribution in [0.5, 0.6) is 0 Å². The second-order valence-corrected chi connectivity index (χ2v) is 5.95. The van der Waals surface area contributed by atoms with Gasteiger partial charge in [0.05, 0.1) is 6.10 Å². The fourth-order valence-electron chi connectivity index (χ4n) is 3.00. The molecule has 1 aliphatic rings. The molecule has 1 heterocycles. The van der Waals surface area contributed by atoms with Gasteiger partial charge < -0.3 is 19.7 Å². The summed E-state index contributed by atoms with van der Waals surface area (Å²) in [5.41, 5.74) is 2.16. The number of benzene rings is 1. The van der Waals surface area contributed by atoms with Gasteiger partial charge in [-0.05, 0) is 48.2 Å². The van der Waals surface area contributed by atoms with Crippen LogP contribution in [0.25, 0.3) is 0 Å². The van der Waals surface area contributed by atoms with Crippen LogP contribution < -0.4 is 10.9 Å². The summed E-state index contributed by atoms with van der Waals surface area (Å²) < 4.78 is 6.35. The number of anilines is 1. The molecule has 0 fully saturated rings. The number of amides is 1. The first-order valence-corrected chi connectivity index (χ1v) is 7.85. The number of nitrogens with zero attached hydrogens (tertiary/aromatic N) is 1. The second-order valence-electron chi connectivity index (χ2n) is 5.95. The molecule has 1 amide bonds. The van der Waals surface area contributed by atoms with Crippen molar-refractivity contribution in [2.75, 3.05) is 12.4 Å². The van der Waals surface area contributed by atoms with Crippen LogP contribution in [0.4, 0.5) is 5.69 Å². The van der Waals surface area contributed by atoms with Crippen LogP contribution in [0.15, 0.2) is 41.3 Å². The highest BCUT2D eigenvalue weighted by molar-refractivity contribution is 6.04. The Morgan fingerprint density at radius 1 is 1.28 bits per heavy atom. The average Bonchev–Trinajstić information content (AvgIpc) is 2.98. The van der Waals surface area contributed by atoms with Gasteiger partial charge in [-0.1, -0.05) is 6.07 Å². The quantitative estimate of drug-likeness (QED) is 0.853. The Balaban J connectivity index is 1.80. The van der Waals surface area contributed by atoms with E-state index in [1.807, 2.05) is 12.1 Å². The van der Waals surface area contributed by atoms with E-state index >= 15 is 0 Å². The number of nitrogens with one attached hydrogen (secondary N) is 1. The molecule has 0 spiro atoms. The molecule has 0 saturated heterocycles. The number of fused-ring (bicyclic) bond motifs is 1. The maximum absolute atomic E-state index is 12.4. The summed E-state index contributed by atoms with van der Waals surface area (Å²) in [7, 11) is 1.68. The van der Waals surface area contributed by atoms with Crippen LogP contribution in [-0.2, 0) is 28.9 Å². The van der Waals surface area contributed by atoms with Crippen molar-refractivity contribution < 1.29 is 19.4 Å². The minimum Gasteiger partial charge on any atom is -0.480 e. The fourth-order valence-corrected chi connectivity index (χ4v) is 3.00. The molecule has 0 bridgehead atoms. The maximum Gasteiger partial charge on any atom is 0.323 e. The van der Waals surface area contributed by atoms with E-state index in [9.17, 15) is 14.4 Å². The van der Waals surface area contributed by atoms with Gasteiger partial charge in [-0.3, -0.25) is 14.4 Å². The molecule has 7 nitrogen and oxygen atoms in total. The molecule has 130 valence electrons. The molecule has 25 heavy (non-hydrogen) atoms. The molecule has 0 aliphatic heterocycles. The Labute approximate surface area is 143 Å². The highest BCUT2D eigenvalue weighted by Crippen LogP contribution is 2.26. The molecule has 0 saturated carbocycles. The van der Waals surface area contributed by atoms with Gasteiger partial charge in [0.15, 0.2) is 0 Å². The standard InChI is InChI=1S/C18H18N2O5/c1-25-14-8-11-4-5-13(7-12(11)9-14)19-17(23)15-3-2-6-20(18(15)24)10-16(21)22/h2-7,14H,8-10H2,1H3,(H,19,23)(H,21,22). The number of hydrogen-bond acceptors (Lipinski definition) is 4. The van der Waals surface area contributed by atoms with Crippen molar-refractivity contribution >= 4 is 17.6 Å². The van der Waals surface area contributed by atoms with E-state index in [4.69, 9.17) is 9.84 Å². The van der Waals surface area contributed by atoms with Crippen LogP contribution in [0.1, 0.15) is 21.5 Å². The molecule has 3 rings (SSSR count). The van der Waals surface area contributed by atoms with Crippen molar-refractivity contribution in [3.05, 3.63) is 63.6 Å². The highest BCUT2D eigenvalue weighted by atomic mass is 16.5. The lowest BCUT2D eigenvalue weighted by Gasteiger charge is -2.08. The number of carboxylic acids is 1. The number of hydrogen-bond donors (Lipinski definition) is 2. The summed E-state index contributed by atoms with van der Waals surface area (Å²) in [5, 5.41) is 11.5. The first-order valence-electron chi connectivity index (χ1n) is 7.85. The molecule has 1 aromatic heterocycles. The largest absolute Gasteiger partial charge is 0.480 e. The summed E-state index contributed by atoms with van der Waals surface area (Å²) in [6.45, 7) is -0.489. The van der Waals surface area contributed by atoms with Gasteiger partial charge in [-0.25, -0.2) is 0 Å². The van der Waals surface area contributed by atoms with Crippen LogP contribution >= 0.6 is 0 Å². The van der Waals surface area contributed by atoms with E-state index in [0.717, 1.165) is 23.0 Å². The number of carboxylic acid groups (broad SMARTS) is 1. The van der Waals surface area contributed by atoms with E-state index in [2.05, 4.69) is 5.32 Å².